The molecule has 15 heteroatoms. The number of anilines is 2. The number of aromatic amines is 1. The number of aromatic nitrogens is 1. The summed E-state index contributed by atoms with van der Waals surface area (Å²) in [5.74, 6) is -2.89. The van der Waals surface area contributed by atoms with Gasteiger partial charge in [0.2, 0.25) is 11.8 Å². The number of nitrogens with zero attached hydrogens (tertiary/aromatic N) is 2. The lowest BCUT2D eigenvalue weighted by molar-refractivity contribution is -0.384. The van der Waals surface area contributed by atoms with Crippen molar-refractivity contribution in [1.82, 2.24) is 4.98 Å². The molecule has 3 heterocycles. The summed E-state index contributed by atoms with van der Waals surface area (Å²) in [5, 5.41) is 22.8. The molecule has 2 aliphatic rings. The van der Waals surface area contributed by atoms with Gasteiger partial charge in [0.15, 0.2) is 6.61 Å². The fraction of sp³-hybridized carbons (Fsp3) is 0.143. The molecule has 1 fully saturated rings. The van der Waals surface area contributed by atoms with Crippen molar-refractivity contribution < 1.29 is 29.2 Å². The van der Waals surface area contributed by atoms with E-state index in [4.69, 9.17) is 4.74 Å². The zero-order valence-corrected chi connectivity index (χ0v) is 24.9. The number of hydrogen-bond donors (Lipinski definition) is 3. The highest BCUT2D eigenvalue weighted by Crippen LogP contribution is 2.54. The molecule has 218 valence electrons. The number of rotatable bonds is 7. The molecule has 3 atom stereocenters. The number of aromatic hydroxyl groups is 1. The van der Waals surface area contributed by atoms with E-state index in [1.54, 1.807) is 18.2 Å². The van der Waals surface area contributed by atoms with E-state index in [1.165, 1.54) is 48.5 Å². The van der Waals surface area contributed by atoms with Crippen LogP contribution < -0.4 is 19.8 Å². The highest BCUT2D eigenvalue weighted by atomic mass is 79.9. The molecule has 2 aliphatic heterocycles. The molecule has 2 unspecified atom stereocenters. The van der Waals surface area contributed by atoms with Crippen molar-refractivity contribution in [2.75, 3.05) is 16.8 Å². The van der Waals surface area contributed by atoms with E-state index in [1.807, 2.05) is 0 Å². The van der Waals surface area contributed by atoms with Crippen molar-refractivity contribution in [3.05, 3.63) is 101 Å². The Hall–Kier alpha value is -4.47. The number of nitro groups is 1. The number of nitrogens with one attached hydrogen (secondary N) is 2. The maximum absolute atomic E-state index is 14.0. The summed E-state index contributed by atoms with van der Waals surface area (Å²) in [5.41, 5.74) is 0.962. The molecule has 0 radical (unpaired) electrons. The van der Waals surface area contributed by atoms with Gasteiger partial charge in [0, 0.05) is 38.7 Å². The van der Waals surface area contributed by atoms with E-state index in [0.717, 1.165) is 28.0 Å². The zero-order valence-electron chi connectivity index (χ0n) is 21.7. The quantitative estimate of drug-likeness (QED) is 0.109. The first kappa shape index (κ1) is 28.6. The van der Waals surface area contributed by atoms with Crippen LogP contribution in [-0.2, 0) is 14.4 Å². The minimum atomic E-state index is -0.936. The Kier molecular flexibility index (Phi) is 7.54. The lowest BCUT2D eigenvalue weighted by atomic mass is 9.82. The van der Waals surface area contributed by atoms with Gasteiger partial charge in [0.1, 0.15) is 16.7 Å². The molecule has 0 saturated carbocycles. The van der Waals surface area contributed by atoms with Crippen molar-refractivity contribution >= 4 is 73.8 Å². The Labute approximate surface area is 259 Å². The number of benzene rings is 3. The number of nitro benzene ring substituents is 1. The number of non-ortho nitro benzene ring substituents is 1. The molecular weight excluding hydrogens is 664 g/mol. The van der Waals surface area contributed by atoms with E-state index in [-0.39, 0.29) is 34.4 Å². The molecule has 0 aliphatic carbocycles. The second-order valence-corrected chi connectivity index (χ2v) is 12.7. The number of carbonyl (C=O) groups excluding carboxylic acids is 3. The highest BCUT2D eigenvalue weighted by Gasteiger charge is 2.57. The first-order valence-electron chi connectivity index (χ1n) is 12.6. The van der Waals surface area contributed by atoms with E-state index in [9.17, 15) is 34.4 Å². The third-order valence-corrected chi connectivity index (χ3v) is 9.85. The molecule has 0 spiro atoms. The maximum atomic E-state index is 14.0. The van der Waals surface area contributed by atoms with E-state index in [2.05, 4.69) is 26.2 Å². The molecule has 0 bridgehead atoms. The first-order valence-corrected chi connectivity index (χ1v) is 15.1. The largest absolute Gasteiger partial charge is 0.508 e. The van der Waals surface area contributed by atoms with Crippen LogP contribution in [0.1, 0.15) is 16.4 Å². The second kappa shape index (κ2) is 11.3. The summed E-state index contributed by atoms with van der Waals surface area (Å²) in [4.78, 5) is 67.4. The molecule has 3 N–H and O–H groups in total. The minimum Gasteiger partial charge on any atom is -0.508 e. The Balaban J connectivity index is 1.35. The Morgan fingerprint density at radius 2 is 1.79 bits per heavy atom. The van der Waals surface area contributed by atoms with Crippen LogP contribution in [0.2, 0.25) is 0 Å². The van der Waals surface area contributed by atoms with Gasteiger partial charge in [0.25, 0.3) is 11.6 Å². The van der Waals surface area contributed by atoms with Crippen molar-refractivity contribution in [2.24, 2.45) is 5.92 Å². The molecule has 1 aromatic heterocycles. The van der Waals surface area contributed by atoms with Gasteiger partial charge in [-0.05, 0) is 54.6 Å². The van der Waals surface area contributed by atoms with Gasteiger partial charge >= 0.3 is 4.87 Å². The number of imide groups is 1. The van der Waals surface area contributed by atoms with Crippen LogP contribution in [0.3, 0.4) is 0 Å². The zero-order chi connectivity index (χ0) is 30.4. The van der Waals surface area contributed by atoms with Crippen LogP contribution in [0.15, 0.2) is 81.0 Å². The summed E-state index contributed by atoms with van der Waals surface area (Å²) in [6.45, 7) is -0.386. The fourth-order valence-electron chi connectivity index (χ4n) is 5.11. The average molecular weight is 684 g/mol. The molecule has 4 aromatic rings. The van der Waals surface area contributed by atoms with Gasteiger partial charge in [-0.25, -0.2) is 4.90 Å². The SMILES string of the molecule is O=C(COc1ccc(Br)cc1[C@H]1c2sc(=O)[nH]c2SC2C(=O)N(c3ccc([N+](=O)[O-])cc3)C(=O)C21)Nc1ccc(O)cc1. The monoisotopic (exact) mass is 682 g/mol. The lowest BCUT2D eigenvalue weighted by Crippen LogP contribution is -2.32. The third-order valence-electron chi connectivity index (χ3n) is 6.96. The van der Waals surface area contributed by atoms with Crippen LogP contribution in [-0.4, -0.2) is 44.6 Å². The molecular formula is C28H19BrN4O8S2. The summed E-state index contributed by atoms with van der Waals surface area (Å²) in [6.07, 6.45) is 0. The van der Waals surface area contributed by atoms with Crippen LogP contribution in [0.4, 0.5) is 17.1 Å². The van der Waals surface area contributed by atoms with Crippen molar-refractivity contribution in [1.29, 1.82) is 0 Å². The summed E-state index contributed by atoms with van der Waals surface area (Å²) < 4.78 is 6.58. The molecule has 43 heavy (non-hydrogen) atoms. The second-order valence-electron chi connectivity index (χ2n) is 9.60. The van der Waals surface area contributed by atoms with Crippen LogP contribution in [0.25, 0.3) is 0 Å². The summed E-state index contributed by atoms with van der Waals surface area (Å²) >= 11 is 5.49. The van der Waals surface area contributed by atoms with Crippen molar-refractivity contribution in [3.8, 4) is 11.5 Å². The summed E-state index contributed by atoms with van der Waals surface area (Å²) in [6, 6.07) is 16.1. The number of amides is 3. The normalized spacial score (nSPS) is 19.1. The predicted molar refractivity (Wildman–Crippen MR) is 162 cm³/mol. The topological polar surface area (TPSA) is 172 Å². The van der Waals surface area contributed by atoms with E-state index in [0.29, 0.717) is 25.6 Å². The number of halogens is 1. The Morgan fingerprint density at radius 1 is 1.07 bits per heavy atom. The highest BCUT2D eigenvalue weighted by molar-refractivity contribution is 9.10. The van der Waals surface area contributed by atoms with E-state index < -0.39 is 39.7 Å². The minimum absolute atomic E-state index is 0.0521. The van der Waals surface area contributed by atoms with Gasteiger partial charge in [-0.1, -0.05) is 39.0 Å². The number of phenols is 1. The van der Waals surface area contributed by atoms with Crippen molar-refractivity contribution in [3.63, 3.8) is 0 Å². The predicted octanol–water partition coefficient (Wildman–Crippen LogP) is 4.63. The van der Waals surface area contributed by atoms with Gasteiger partial charge in [-0.3, -0.25) is 29.3 Å². The molecule has 6 rings (SSSR count). The smallest absolute Gasteiger partial charge is 0.305 e. The standard InChI is InChI=1S/C28H19BrN4O8S2/c29-13-1-10-19(41-12-20(35)30-14-2-8-17(34)9-3-14)18(11-13)21-22-24(42-25-23(21)43-28(38)31-25)27(37)32(26(22)36)15-4-6-16(7-5-15)33(39)40/h1-11,21-22,24,34H,12H2,(H,30,35)(H,31,38)/t21-,22?,24?/m1/s1. The number of carbonyl (C=O) groups is 3. The molecule has 12 nitrogen and oxygen atoms in total. The molecule has 3 amide bonds. The lowest BCUT2D eigenvalue weighted by Gasteiger charge is -2.31. The third kappa shape index (κ3) is 5.42. The number of ether oxygens (including phenoxy) is 1. The fourth-order valence-corrected chi connectivity index (χ4v) is 7.99. The number of thioether (sulfide) groups is 1. The summed E-state index contributed by atoms with van der Waals surface area (Å²) in [7, 11) is 0. The van der Waals surface area contributed by atoms with Gasteiger partial charge < -0.3 is 20.1 Å². The van der Waals surface area contributed by atoms with E-state index >= 15 is 0 Å². The number of thiazole rings is 1. The number of fused-ring (bicyclic) bond motifs is 2. The molecule has 3 aromatic carbocycles. The number of H-pyrrole nitrogens is 1. The van der Waals surface area contributed by atoms with Gasteiger partial charge in [-0.15, -0.1) is 0 Å². The maximum Gasteiger partial charge on any atom is 0.305 e. The molecule has 1 saturated heterocycles. The number of hydrogen-bond acceptors (Lipinski definition) is 10. The number of phenolic OH excluding ortho intramolecular Hbond substituents is 1. The average Bonchev–Trinajstić information content (AvgIpc) is 3.47. The van der Waals surface area contributed by atoms with Crippen LogP contribution >= 0.6 is 39.0 Å². The Morgan fingerprint density at radius 3 is 2.49 bits per heavy atom. The van der Waals surface area contributed by atoms with Gasteiger partial charge in [-0.2, -0.15) is 0 Å². The van der Waals surface area contributed by atoms with Crippen LogP contribution in [0.5, 0.6) is 11.5 Å². The van der Waals surface area contributed by atoms with Crippen molar-refractivity contribution in [2.45, 2.75) is 16.2 Å². The van der Waals surface area contributed by atoms with Crippen LogP contribution in [0, 0.1) is 16.0 Å². The van der Waals surface area contributed by atoms with Gasteiger partial charge in [0.05, 0.1) is 21.6 Å². The Bertz CT molecular complexity index is 1840. The first-order chi connectivity index (χ1) is 20.6.